The van der Waals surface area contributed by atoms with E-state index in [2.05, 4.69) is 25.0 Å². The van der Waals surface area contributed by atoms with Crippen molar-refractivity contribution in [3.05, 3.63) is 48.7 Å². The van der Waals surface area contributed by atoms with Crippen molar-refractivity contribution < 1.29 is 8.42 Å². The van der Waals surface area contributed by atoms with Crippen molar-refractivity contribution in [2.24, 2.45) is 0 Å². The highest BCUT2D eigenvalue weighted by Gasteiger charge is 2.30. The fourth-order valence-corrected chi connectivity index (χ4v) is 5.95. The molecule has 5 rings (SSSR count). The van der Waals surface area contributed by atoms with E-state index in [1.165, 1.54) is 19.3 Å². The Morgan fingerprint density at radius 2 is 1.35 bits per heavy atom. The van der Waals surface area contributed by atoms with Gasteiger partial charge in [-0.15, -0.1) is 10.2 Å². The van der Waals surface area contributed by atoms with Gasteiger partial charge in [-0.05, 0) is 43.5 Å². The van der Waals surface area contributed by atoms with Gasteiger partial charge in [0.25, 0.3) is 0 Å². The zero-order valence-electron chi connectivity index (χ0n) is 17.4. The summed E-state index contributed by atoms with van der Waals surface area (Å²) in [4.78, 5) is 8.96. The highest BCUT2D eigenvalue weighted by molar-refractivity contribution is 7.89. The largest absolute Gasteiger partial charge is 0.355 e. The van der Waals surface area contributed by atoms with Crippen LogP contribution in [0.15, 0.2) is 53.6 Å². The van der Waals surface area contributed by atoms with Gasteiger partial charge in [0.1, 0.15) is 4.90 Å². The van der Waals surface area contributed by atoms with Crippen LogP contribution in [0.5, 0.6) is 0 Å². The van der Waals surface area contributed by atoms with Crippen molar-refractivity contribution in [1.29, 1.82) is 0 Å². The van der Waals surface area contributed by atoms with Crippen LogP contribution in [-0.2, 0) is 10.0 Å². The van der Waals surface area contributed by atoms with Gasteiger partial charge in [-0.2, -0.15) is 4.31 Å². The van der Waals surface area contributed by atoms with Crippen molar-refractivity contribution in [2.75, 3.05) is 49.1 Å². The number of nitrogens with zero attached hydrogens (tertiary/aromatic N) is 6. The molecule has 2 aliphatic rings. The first kappa shape index (κ1) is 20.1. The Balaban J connectivity index is 1.28. The minimum Gasteiger partial charge on any atom is -0.355 e. The van der Waals surface area contributed by atoms with E-state index in [4.69, 9.17) is 0 Å². The lowest BCUT2D eigenvalue weighted by Crippen LogP contribution is -2.49. The summed E-state index contributed by atoms with van der Waals surface area (Å²) in [6.45, 7) is 4.04. The van der Waals surface area contributed by atoms with E-state index in [-0.39, 0.29) is 4.90 Å². The normalized spacial score (nSPS) is 18.5. The molecule has 2 fully saturated rings. The third-order valence-corrected chi connectivity index (χ3v) is 8.02. The number of benzene rings is 1. The Hall–Kier alpha value is -2.78. The standard InChI is InChI=1S/C22H26N6O2S/c29-31(30,19-8-4-6-18-7-5-11-23-22(18)19)28-16-14-27(15-17-28)21-10-9-20(24-25-21)26-12-2-1-3-13-26/h4-11H,1-3,12-17H2. The predicted molar refractivity (Wildman–Crippen MR) is 121 cm³/mol. The lowest BCUT2D eigenvalue weighted by molar-refractivity contribution is 0.384. The first-order valence-corrected chi connectivity index (χ1v) is 12.2. The quantitative estimate of drug-likeness (QED) is 0.619. The molecule has 0 amide bonds. The maximum Gasteiger partial charge on any atom is 0.245 e. The number of rotatable bonds is 4. The summed E-state index contributed by atoms with van der Waals surface area (Å²) < 4.78 is 28.1. The second kappa shape index (κ2) is 8.39. The zero-order chi connectivity index (χ0) is 21.3. The van der Waals surface area contributed by atoms with Gasteiger partial charge in [0.15, 0.2) is 11.6 Å². The number of para-hydroxylation sites is 1. The smallest absolute Gasteiger partial charge is 0.245 e. The summed E-state index contributed by atoms with van der Waals surface area (Å²) in [5.41, 5.74) is 0.520. The molecule has 0 N–H and O–H groups in total. The third kappa shape index (κ3) is 3.95. The van der Waals surface area contributed by atoms with Crippen molar-refractivity contribution in [2.45, 2.75) is 24.2 Å². The Morgan fingerprint density at radius 1 is 0.710 bits per heavy atom. The molecule has 2 aromatic heterocycles. The second-order valence-electron chi connectivity index (χ2n) is 8.02. The summed E-state index contributed by atoms with van der Waals surface area (Å²) in [6, 6.07) is 13.0. The SMILES string of the molecule is O=S(=O)(c1cccc2cccnc12)N1CCN(c2ccc(N3CCCCC3)nn2)CC1. The summed E-state index contributed by atoms with van der Waals surface area (Å²) in [5, 5.41) is 9.67. The first-order chi connectivity index (χ1) is 15.1. The van der Waals surface area contributed by atoms with E-state index in [1.54, 1.807) is 22.6 Å². The van der Waals surface area contributed by atoms with E-state index in [1.807, 2.05) is 30.3 Å². The highest BCUT2D eigenvalue weighted by atomic mass is 32.2. The van der Waals surface area contributed by atoms with Crippen LogP contribution in [-0.4, -0.2) is 67.2 Å². The maximum absolute atomic E-state index is 13.3. The van der Waals surface area contributed by atoms with E-state index >= 15 is 0 Å². The second-order valence-corrected chi connectivity index (χ2v) is 9.93. The molecule has 9 heteroatoms. The molecule has 31 heavy (non-hydrogen) atoms. The van der Waals surface area contributed by atoms with Gasteiger partial charge >= 0.3 is 0 Å². The molecule has 2 aliphatic heterocycles. The average Bonchev–Trinajstić information content (AvgIpc) is 2.84. The van der Waals surface area contributed by atoms with Crippen LogP contribution in [0, 0.1) is 0 Å². The molecule has 1 aromatic carbocycles. The molecule has 0 unspecified atom stereocenters. The lowest BCUT2D eigenvalue weighted by atomic mass is 10.1. The summed E-state index contributed by atoms with van der Waals surface area (Å²) in [7, 11) is -3.61. The van der Waals surface area contributed by atoms with Crippen LogP contribution in [0.25, 0.3) is 10.9 Å². The number of anilines is 2. The molecular formula is C22H26N6O2S. The molecule has 0 bridgehead atoms. The van der Waals surface area contributed by atoms with Crippen LogP contribution >= 0.6 is 0 Å². The van der Waals surface area contributed by atoms with E-state index in [0.717, 1.165) is 30.1 Å². The fourth-order valence-electron chi connectivity index (χ4n) is 4.36. The van der Waals surface area contributed by atoms with Crippen LogP contribution in [0.2, 0.25) is 0 Å². The Morgan fingerprint density at radius 3 is 2.03 bits per heavy atom. The maximum atomic E-state index is 13.3. The number of hydrogen-bond donors (Lipinski definition) is 0. The fraction of sp³-hybridized carbons (Fsp3) is 0.409. The number of hydrogen-bond acceptors (Lipinski definition) is 7. The zero-order valence-corrected chi connectivity index (χ0v) is 18.2. The molecule has 0 saturated carbocycles. The molecule has 2 saturated heterocycles. The van der Waals surface area contributed by atoms with Crippen LogP contribution in [0.1, 0.15) is 19.3 Å². The minimum atomic E-state index is -3.61. The Labute approximate surface area is 182 Å². The molecule has 4 heterocycles. The van der Waals surface area contributed by atoms with E-state index in [9.17, 15) is 8.42 Å². The third-order valence-electron chi connectivity index (χ3n) is 6.09. The highest BCUT2D eigenvalue weighted by Crippen LogP contribution is 2.26. The predicted octanol–water partition coefficient (Wildman–Crippen LogP) is 2.53. The van der Waals surface area contributed by atoms with Gasteiger partial charge in [-0.1, -0.05) is 18.2 Å². The van der Waals surface area contributed by atoms with E-state index in [0.29, 0.717) is 31.7 Å². The van der Waals surface area contributed by atoms with Gasteiger partial charge in [0, 0.05) is 50.9 Å². The van der Waals surface area contributed by atoms with E-state index < -0.39 is 10.0 Å². The minimum absolute atomic E-state index is 0.268. The van der Waals surface area contributed by atoms with Crippen molar-refractivity contribution in [3.8, 4) is 0 Å². The van der Waals surface area contributed by atoms with Crippen molar-refractivity contribution in [1.82, 2.24) is 19.5 Å². The van der Waals surface area contributed by atoms with Gasteiger partial charge in [-0.3, -0.25) is 4.98 Å². The lowest BCUT2D eigenvalue weighted by Gasteiger charge is -2.34. The monoisotopic (exact) mass is 438 g/mol. The van der Waals surface area contributed by atoms with Crippen molar-refractivity contribution >= 4 is 32.6 Å². The molecule has 162 valence electrons. The summed E-state index contributed by atoms with van der Waals surface area (Å²) >= 11 is 0. The van der Waals surface area contributed by atoms with Gasteiger partial charge in [0.05, 0.1) is 5.52 Å². The average molecular weight is 439 g/mol. The Bertz CT molecular complexity index is 1150. The van der Waals surface area contributed by atoms with Crippen molar-refractivity contribution in [3.63, 3.8) is 0 Å². The first-order valence-electron chi connectivity index (χ1n) is 10.8. The number of pyridine rings is 1. The summed E-state index contributed by atoms with van der Waals surface area (Å²) in [5.74, 6) is 1.72. The Kier molecular flexibility index (Phi) is 5.45. The molecule has 0 spiro atoms. The number of piperidine rings is 1. The summed E-state index contributed by atoms with van der Waals surface area (Å²) in [6.07, 6.45) is 5.31. The van der Waals surface area contributed by atoms with Crippen LogP contribution < -0.4 is 9.80 Å². The molecule has 0 aliphatic carbocycles. The number of aromatic nitrogens is 3. The van der Waals surface area contributed by atoms with Crippen LogP contribution in [0.4, 0.5) is 11.6 Å². The molecule has 0 atom stereocenters. The number of sulfonamides is 1. The molecule has 3 aromatic rings. The topological polar surface area (TPSA) is 82.5 Å². The van der Waals surface area contributed by atoms with Gasteiger partial charge in [-0.25, -0.2) is 8.42 Å². The molecule has 8 nitrogen and oxygen atoms in total. The molecule has 0 radical (unpaired) electrons. The van der Waals surface area contributed by atoms with Crippen LogP contribution in [0.3, 0.4) is 0 Å². The number of fused-ring (bicyclic) bond motifs is 1. The van der Waals surface area contributed by atoms with Gasteiger partial charge in [0.2, 0.25) is 10.0 Å². The van der Waals surface area contributed by atoms with Gasteiger partial charge < -0.3 is 9.80 Å². The number of piperazine rings is 1. The molecular weight excluding hydrogens is 412 g/mol.